The SMILES string of the molecule is CC.CC.COC(=O)CC(CC(=O)N(C)c1ccccc1)[C@H]1CC[C@@H](C)[C@H]1C.[U]. The summed E-state index contributed by atoms with van der Waals surface area (Å²) >= 11 is 0. The van der Waals surface area contributed by atoms with Gasteiger partial charge in [0.05, 0.1) is 7.11 Å². The van der Waals surface area contributed by atoms with Crippen molar-refractivity contribution in [3.05, 3.63) is 30.3 Å². The minimum absolute atomic E-state index is 0. The van der Waals surface area contributed by atoms with Crippen molar-refractivity contribution in [2.45, 2.75) is 67.2 Å². The molecule has 164 valence electrons. The Morgan fingerprint density at radius 2 is 1.59 bits per heavy atom. The molecule has 1 fully saturated rings. The Kier molecular flexibility index (Phi) is 17.8. The van der Waals surface area contributed by atoms with Gasteiger partial charge in [-0.15, -0.1) is 0 Å². The third kappa shape index (κ3) is 9.71. The molecular formula is C24H41NO3U. The molecule has 0 N–H and O–H groups in total. The van der Waals surface area contributed by atoms with E-state index in [1.54, 1.807) is 11.9 Å². The standard InChI is InChI=1S/C20H29NO3.2C2H6.U/c1-14-10-11-18(15(14)2)16(13-20(23)24-4)12-19(22)21(3)17-8-6-5-7-9-17;2*1-2;/h5-9,14-16,18H,10-13H2,1-4H3;2*1-2H3;/t14-,15-,16?,18+;;;/m1.../s1. The van der Waals surface area contributed by atoms with E-state index in [1.807, 2.05) is 58.0 Å². The first kappa shape index (κ1) is 30.4. The van der Waals surface area contributed by atoms with Gasteiger partial charge in [0.25, 0.3) is 0 Å². The normalized spacial score (nSPS) is 20.6. The Bertz CT molecular complexity index is 565. The quantitative estimate of drug-likeness (QED) is 0.366. The summed E-state index contributed by atoms with van der Waals surface area (Å²) in [6, 6.07) is 9.63. The van der Waals surface area contributed by atoms with Crippen molar-refractivity contribution in [3.63, 3.8) is 0 Å². The molecule has 0 spiro atoms. The predicted molar refractivity (Wildman–Crippen MR) is 118 cm³/mol. The van der Waals surface area contributed by atoms with Crippen molar-refractivity contribution in [1.82, 2.24) is 0 Å². The zero-order valence-electron chi connectivity index (χ0n) is 19.7. The van der Waals surface area contributed by atoms with E-state index in [0.29, 0.717) is 30.6 Å². The summed E-state index contributed by atoms with van der Waals surface area (Å²) in [5.41, 5.74) is 0.882. The van der Waals surface area contributed by atoms with Crippen LogP contribution in [0.5, 0.6) is 0 Å². The van der Waals surface area contributed by atoms with E-state index in [0.717, 1.165) is 12.1 Å². The Morgan fingerprint density at radius 1 is 1.03 bits per heavy atom. The van der Waals surface area contributed by atoms with Crippen molar-refractivity contribution in [2.24, 2.45) is 23.7 Å². The number of methoxy groups -OCH3 is 1. The third-order valence-corrected chi connectivity index (χ3v) is 5.74. The Hall–Kier alpha value is -0.788. The van der Waals surface area contributed by atoms with Crippen LogP contribution < -0.4 is 4.90 Å². The van der Waals surface area contributed by atoms with Crippen LogP contribution in [0.3, 0.4) is 0 Å². The molecule has 0 bridgehead atoms. The largest absolute Gasteiger partial charge is 0.469 e. The minimum atomic E-state index is -0.220. The number of benzene rings is 1. The van der Waals surface area contributed by atoms with E-state index in [4.69, 9.17) is 4.74 Å². The molecule has 5 heteroatoms. The van der Waals surface area contributed by atoms with Gasteiger partial charge in [0.2, 0.25) is 5.91 Å². The minimum Gasteiger partial charge on any atom is -0.469 e. The summed E-state index contributed by atoms with van der Waals surface area (Å²) in [5.74, 6) is 1.48. The number of carbonyl (C=O) groups excluding carboxylic acids is 2. The third-order valence-electron chi connectivity index (χ3n) is 5.74. The first-order valence-corrected chi connectivity index (χ1v) is 10.8. The zero-order chi connectivity index (χ0) is 21.7. The number of esters is 1. The zero-order valence-corrected chi connectivity index (χ0v) is 23.9. The van der Waals surface area contributed by atoms with Crippen molar-refractivity contribution in [3.8, 4) is 0 Å². The van der Waals surface area contributed by atoms with E-state index in [9.17, 15) is 9.59 Å². The second-order valence-electron chi connectivity index (χ2n) is 7.11. The molecule has 1 unspecified atom stereocenters. The van der Waals surface area contributed by atoms with Gasteiger partial charge in [-0.2, -0.15) is 0 Å². The monoisotopic (exact) mass is 629 g/mol. The maximum atomic E-state index is 12.7. The number of ether oxygens (including phenoxy) is 1. The van der Waals surface area contributed by atoms with E-state index < -0.39 is 0 Å². The average molecular weight is 630 g/mol. The van der Waals surface area contributed by atoms with Gasteiger partial charge in [-0.1, -0.05) is 66.2 Å². The summed E-state index contributed by atoms with van der Waals surface area (Å²) in [6.07, 6.45) is 2.98. The number of carbonyl (C=O) groups is 2. The van der Waals surface area contributed by atoms with Crippen molar-refractivity contribution >= 4 is 17.6 Å². The molecule has 0 radical (unpaired) electrons. The molecule has 0 saturated heterocycles. The van der Waals surface area contributed by atoms with Crippen molar-refractivity contribution < 1.29 is 45.4 Å². The summed E-state index contributed by atoms with van der Waals surface area (Å²) in [5, 5.41) is 0. The Morgan fingerprint density at radius 3 is 2.03 bits per heavy atom. The molecule has 2 rings (SSSR count). The maximum absolute atomic E-state index is 12.7. The first-order valence-electron chi connectivity index (χ1n) is 10.8. The van der Waals surface area contributed by atoms with Gasteiger partial charge < -0.3 is 9.64 Å². The molecular weight excluding hydrogens is 588 g/mol. The Labute approximate surface area is 202 Å². The van der Waals surface area contributed by atoms with Crippen LogP contribution in [0.4, 0.5) is 5.69 Å². The molecule has 4 atom stereocenters. The topological polar surface area (TPSA) is 46.6 Å². The first-order chi connectivity index (χ1) is 13.4. The molecule has 1 aliphatic rings. The fourth-order valence-corrected chi connectivity index (χ4v) is 3.90. The Balaban J connectivity index is 0. The fourth-order valence-electron chi connectivity index (χ4n) is 3.90. The number of rotatable bonds is 6. The number of nitrogens with zero attached hydrogens (tertiary/aromatic N) is 1. The number of anilines is 1. The van der Waals surface area contributed by atoms with Crippen LogP contribution in [-0.4, -0.2) is 26.0 Å². The van der Waals surface area contributed by atoms with Gasteiger partial charge in [-0.25, -0.2) is 0 Å². The van der Waals surface area contributed by atoms with E-state index in [1.165, 1.54) is 13.5 Å². The van der Waals surface area contributed by atoms with Crippen LogP contribution in [0.1, 0.15) is 67.2 Å². The average Bonchev–Trinajstić information content (AvgIpc) is 3.08. The van der Waals surface area contributed by atoms with Crippen LogP contribution in [0.15, 0.2) is 30.3 Å². The summed E-state index contributed by atoms with van der Waals surface area (Å²) < 4.78 is 4.87. The molecule has 1 aromatic carbocycles. The van der Waals surface area contributed by atoms with E-state index in [2.05, 4.69) is 13.8 Å². The molecule has 1 amide bonds. The molecule has 4 nitrogen and oxygen atoms in total. The second-order valence-corrected chi connectivity index (χ2v) is 7.11. The second kappa shape index (κ2) is 16.9. The van der Waals surface area contributed by atoms with Crippen LogP contribution in [-0.2, 0) is 14.3 Å². The van der Waals surface area contributed by atoms with Gasteiger partial charge in [0.1, 0.15) is 0 Å². The van der Waals surface area contributed by atoms with Crippen molar-refractivity contribution in [2.75, 3.05) is 19.1 Å². The van der Waals surface area contributed by atoms with Crippen LogP contribution in [0.2, 0.25) is 0 Å². The maximum Gasteiger partial charge on any atom is 0.305 e. The van der Waals surface area contributed by atoms with Gasteiger partial charge >= 0.3 is 5.97 Å². The van der Waals surface area contributed by atoms with Crippen LogP contribution in [0.25, 0.3) is 0 Å². The molecule has 0 heterocycles. The molecule has 0 aliphatic heterocycles. The van der Waals surface area contributed by atoms with Gasteiger partial charge in [0.15, 0.2) is 0 Å². The molecule has 0 aromatic heterocycles. The molecule has 1 saturated carbocycles. The fraction of sp³-hybridized carbons (Fsp3) is 0.667. The van der Waals surface area contributed by atoms with Gasteiger partial charge in [-0.3, -0.25) is 9.59 Å². The smallest absolute Gasteiger partial charge is 0.305 e. The molecule has 29 heavy (non-hydrogen) atoms. The summed E-state index contributed by atoms with van der Waals surface area (Å²) in [4.78, 5) is 26.3. The number of para-hydroxylation sites is 1. The van der Waals surface area contributed by atoms with E-state index >= 15 is 0 Å². The summed E-state index contributed by atoms with van der Waals surface area (Å²) in [6.45, 7) is 12.5. The van der Waals surface area contributed by atoms with Crippen molar-refractivity contribution in [1.29, 1.82) is 0 Å². The van der Waals surface area contributed by atoms with Crippen LogP contribution >= 0.6 is 0 Å². The predicted octanol–water partition coefficient (Wildman–Crippen LogP) is 5.95. The summed E-state index contributed by atoms with van der Waals surface area (Å²) in [7, 11) is 3.21. The molecule has 1 aromatic rings. The van der Waals surface area contributed by atoms with E-state index in [-0.39, 0.29) is 48.9 Å². The number of hydrogen-bond donors (Lipinski definition) is 0. The molecule has 1 aliphatic carbocycles. The van der Waals surface area contributed by atoms with Gasteiger partial charge in [-0.05, 0) is 42.2 Å². The number of hydrogen-bond acceptors (Lipinski definition) is 3. The van der Waals surface area contributed by atoms with Gasteiger partial charge in [0, 0.05) is 56.7 Å². The van der Waals surface area contributed by atoms with Crippen LogP contribution in [0, 0.1) is 54.8 Å². The number of amides is 1.